The Kier molecular flexibility index (Phi) is 2.65. The first kappa shape index (κ1) is 11.4. The molecule has 2 aromatic heterocycles. The van der Waals surface area contributed by atoms with Gasteiger partial charge in [-0.15, -0.1) is 22.7 Å². The molecular weight excluding hydrogens is 266 g/mol. The molecule has 0 bridgehead atoms. The minimum Gasteiger partial charge on any atom is -0.478 e. The molecule has 0 aliphatic heterocycles. The summed E-state index contributed by atoms with van der Waals surface area (Å²) >= 11 is 3.20. The van der Waals surface area contributed by atoms with Crippen molar-refractivity contribution in [3.8, 4) is 9.88 Å². The number of carboxylic acid groups (broad SMARTS) is 1. The molecule has 1 aromatic carbocycles. The number of hydrogen-bond donors (Lipinski definition) is 1. The quantitative estimate of drug-likeness (QED) is 0.768. The third-order valence-electron chi connectivity index (χ3n) is 2.69. The summed E-state index contributed by atoms with van der Waals surface area (Å²) in [5.41, 5.74) is 2.37. The summed E-state index contributed by atoms with van der Waals surface area (Å²) in [4.78, 5) is 16.6. The molecule has 1 N–H and O–H groups in total. The van der Waals surface area contributed by atoms with Crippen molar-refractivity contribution in [2.75, 3.05) is 0 Å². The van der Waals surface area contributed by atoms with Crippen molar-refractivity contribution < 1.29 is 9.90 Å². The van der Waals surface area contributed by atoms with Crippen LogP contribution in [-0.2, 0) is 0 Å². The number of rotatable bonds is 2. The molecule has 0 saturated carbocycles. The topological polar surface area (TPSA) is 50.2 Å². The normalized spacial score (nSPS) is 10.9. The summed E-state index contributed by atoms with van der Waals surface area (Å²) in [6, 6.07) is 7.10. The Morgan fingerprint density at radius 1 is 1.33 bits per heavy atom. The van der Waals surface area contributed by atoms with E-state index in [2.05, 4.69) is 18.0 Å². The molecule has 2 heterocycles. The van der Waals surface area contributed by atoms with Crippen LogP contribution in [0, 0.1) is 6.92 Å². The molecule has 0 saturated heterocycles. The van der Waals surface area contributed by atoms with Gasteiger partial charge in [0, 0.05) is 0 Å². The fourth-order valence-electron chi connectivity index (χ4n) is 1.75. The van der Waals surface area contributed by atoms with Gasteiger partial charge in [-0.2, -0.15) is 0 Å². The average Bonchev–Trinajstić information content (AvgIpc) is 2.92. The highest BCUT2D eigenvalue weighted by Crippen LogP contribution is 2.35. The van der Waals surface area contributed by atoms with Crippen molar-refractivity contribution in [2.24, 2.45) is 0 Å². The van der Waals surface area contributed by atoms with E-state index in [1.165, 1.54) is 16.9 Å². The van der Waals surface area contributed by atoms with E-state index in [0.717, 1.165) is 20.1 Å². The number of thiophene rings is 1. The van der Waals surface area contributed by atoms with Crippen molar-refractivity contribution in [1.29, 1.82) is 0 Å². The van der Waals surface area contributed by atoms with Crippen LogP contribution in [0.2, 0.25) is 0 Å². The van der Waals surface area contributed by atoms with Crippen LogP contribution in [0.1, 0.15) is 15.9 Å². The van der Waals surface area contributed by atoms with Crippen LogP contribution in [0.15, 0.2) is 29.6 Å². The van der Waals surface area contributed by atoms with E-state index in [0.29, 0.717) is 5.56 Å². The van der Waals surface area contributed by atoms with E-state index < -0.39 is 5.97 Å². The van der Waals surface area contributed by atoms with Crippen LogP contribution in [0.4, 0.5) is 0 Å². The van der Waals surface area contributed by atoms with Crippen molar-refractivity contribution in [3.63, 3.8) is 0 Å². The second-order valence-corrected chi connectivity index (χ2v) is 5.89. The number of nitrogens with zero attached hydrogens (tertiary/aromatic N) is 1. The molecule has 0 aliphatic rings. The first-order valence-electron chi connectivity index (χ1n) is 5.33. The molecule has 3 rings (SSSR count). The second kappa shape index (κ2) is 4.19. The molecule has 0 aliphatic carbocycles. The van der Waals surface area contributed by atoms with Gasteiger partial charge in [-0.1, -0.05) is 0 Å². The molecule has 0 unspecified atom stereocenters. The number of benzene rings is 1. The lowest BCUT2D eigenvalue weighted by atomic mass is 10.2. The van der Waals surface area contributed by atoms with Crippen molar-refractivity contribution >= 4 is 38.9 Å². The van der Waals surface area contributed by atoms with Gasteiger partial charge in [0.15, 0.2) is 0 Å². The van der Waals surface area contributed by atoms with Gasteiger partial charge in [-0.3, -0.25) is 0 Å². The van der Waals surface area contributed by atoms with Gasteiger partial charge in [0.05, 0.1) is 20.7 Å². The van der Waals surface area contributed by atoms with Crippen LogP contribution in [0.5, 0.6) is 0 Å². The molecule has 0 spiro atoms. The smallest absolute Gasteiger partial charge is 0.335 e. The van der Waals surface area contributed by atoms with Gasteiger partial charge in [-0.05, 0) is 42.1 Å². The highest BCUT2D eigenvalue weighted by Gasteiger charge is 2.11. The lowest BCUT2D eigenvalue weighted by Gasteiger charge is -1.91. The number of carboxylic acids is 1. The molecule has 3 nitrogen and oxygen atoms in total. The molecule has 3 aromatic rings. The van der Waals surface area contributed by atoms with E-state index >= 15 is 0 Å². The Morgan fingerprint density at radius 3 is 2.83 bits per heavy atom. The minimum absolute atomic E-state index is 0.306. The lowest BCUT2D eigenvalue weighted by Crippen LogP contribution is -1.94. The van der Waals surface area contributed by atoms with Gasteiger partial charge in [0.25, 0.3) is 0 Å². The van der Waals surface area contributed by atoms with E-state index in [-0.39, 0.29) is 0 Å². The SMILES string of the molecule is Cc1ccsc1-c1nc2ccc(C(=O)O)cc2s1. The molecular formula is C13H9NO2S2. The molecule has 0 atom stereocenters. The van der Waals surface area contributed by atoms with Crippen molar-refractivity contribution in [3.05, 3.63) is 40.8 Å². The molecule has 0 radical (unpaired) electrons. The zero-order valence-corrected chi connectivity index (χ0v) is 11.1. The second-order valence-electron chi connectivity index (χ2n) is 3.94. The van der Waals surface area contributed by atoms with Crippen LogP contribution in [0.3, 0.4) is 0 Å². The highest BCUT2D eigenvalue weighted by atomic mass is 32.1. The Hall–Kier alpha value is -1.72. The maximum absolute atomic E-state index is 10.9. The molecule has 5 heteroatoms. The van der Waals surface area contributed by atoms with Gasteiger partial charge >= 0.3 is 5.97 Å². The molecule has 18 heavy (non-hydrogen) atoms. The van der Waals surface area contributed by atoms with Crippen LogP contribution < -0.4 is 0 Å². The van der Waals surface area contributed by atoms with Gasteiger partial charge < -0.3 is 5.11 Å². The lowest BCUT2D eigenvalue weighted by molar-refractivity contribution is 0.0697. The molecule has 90 valence electrons. The summed E-state index contributed by atoms with van der Waals surface area (Å²) in [6.45, 7) is 2.06. The highest BCUT2D eigenvalue weighted by molar-refractivity contribution is 7.25. The summed E-state index contributed by atoms with van der Waals surface area (Å²) in [6.07, 6.45) is 0. The van der Waals surface area contributed by atoms with Gasteiger partial charge in [0.1, 0.15) is 5.01 Å². The number of hydrogen-bond acceptors (Lipinski definition) is 4. The third kappa shape index (κ3) is 1.81. The monoisotopic (exact) mass is 275 g/mol. The van der Waals surface area contributed by atoms with E-state index in [9.17, 15) is 4.79 Å². The van der Waals surface area contributed by atoms with E-state index in [4.69, 9.17) is 5.11 Å². The number of fused-ring (bicyclic) bond motifs is 1. The summed E-state index contributed by atoms with van der Waals surface area (Å²) in [5.74, 6) is -0.904. The molecule has 0 amide bonds. The largest absolute Gasteiger partial charge is 0.478 e. The maximum Gasteiger partial charge on any atom is 0.335 e. The zero-order chi connectivity index (χ0) is 12.7. The first-order valence-corrected chi connectivity index (χ1v) is 7.03. The average molecular weight is 275 g/mol. The third-order valence-corrected chi connectivity index (χ3v) is 4.88. The Morgan fingerprint density at radius 2 is 2.17 bits per heavy atom. The summed E-state index contributed by atoms with van der Waals surface area (Å²) in [5, 5.41) is 12.0. The van der Waals surface area contributed by atoms with E-state index in [1.807, 2.05) is 5.38 Å². The maximum atomic E-state index is 10.9. The predicted molar refractivity (Wildman–Crippen MR) is 74.6 cm³/mol. The van der Waals surface area contributed by atoms with Crippen molar-refractivity contribution in [2.45, 2.75) is 6.92 Å². The predicted octanol–water partition coefficient (Wildman–Crippen LogP) is 4.03. The van der Waals surface area contributed by atoms with Crippen LogP contribution >= 0.6 is 22.7 Å². The van der Waals surface area contributed by atoms with Gasteiger partial charge in [-0.25, -0.2) is 9.78 Å². The summed E-state index contributed by atoms with van der Waals surface area (Å²) in [7, 11) is 0. The fourth-order valence-corrected chi connectivity index (χ4v) is 3.83. The standard InChI is InChI=1S/C13H9NO2S2/c1-7-4-5-17-11(7)12-14-9-3-2-8(13(15)16)6-10(9)18-12/h2-6H,1H3,(H,15,16). The Bertz CT molecular complexity index is 742. The number of aromatic carboxylic acids is 1. The number of aryl methyl sites for hydroxylation is 1. The molecule has 0 fully saturated rings. The fraction of sp³-hybridized carbons (Fsp3) is 0.0769. The first-order chi connectivity index (χ1) is 8.65. The van der Waals surface area contributed by atoms with Crippen molar-refractivity contribution in [1.82, 2.24) is 4.98 Å². The Balaban J connectivity index is 2.17. The summed E-state index contributed by atoms with van der Waals surface area (Å²) < 4.78 is 0.915. The minimum atomic E-state index is -0.904. The zero-order valence-electron chi connectivity index (χ0n) is 9.51. The number of thiazole rings is 1. The van der Waals surface area contributed by atoms with Gasteiger partial charge in [0.2, 0.25) is 0 Å². The number of carbonyl (C=O) groups is 1. The van der Waals surface area contributed by atoms with E-state index in [1.54, 1.807) is 29.5 Å². The number of aromatic nitrogens is 1. The Labute approximate surface area is 111 Å². The van der Waals surface area contributed by atoms with Crippen LogP contribution in [-0.4, -0.2) is 16.1 Å². The van der Waals surface area contributed by atoms with Crippen LogP contribution in [0.25, 0.3) is 20.1 Å².